The predicted molar refractivity (Wildman–Crippen MR) is 235 cm³/mol. The summed E-state index contributed by atoms with van der Waals surface area (Å²) >= 11 is 0. The van der Waals surface area contributed by atoms with Crippen molar-refractivity contribution in [1.82, 2.24) is 0 Å². The van der Waals surface area contributed by atoms with Crippen molar-refractivity contribution in [2.75, 3.05) is 0 Å². The Kier molecular flexibility index (Phi) is 15.4. The zero-order chi connectivity index (χ0) is 46.9. The topological polar surface area (TPSA) is 9.23 Å². The van der Waals surface area contributed by atoms with Gasteiger partial charge in [-0.05, 0) is 59.1 Å². The highest BCUT2D eigenvalue weighted by Gasteiger charge is 2.64. The van der Waals surface area contributed by atoms with Gasteiger partial charge >= 0.3 is 24.2 Å². The van der Waals surface area contributed by atoms with Gasteiger partial charge in [-0.15, -0.1) is 0 Å². The van der Waals surface area contributed by atoms with Crippen LogP contribution in [0, 0.1) is 0 Å². The van der Waals surface area contributed by atoms with Gasteiger partial charge in [0.25, 0.3) is 0 Å². The second-order valence-corrected chi connectivity index (χ2v) is 16.4. The Bertz CT molecular complexity index is 2160. The van der Waals surface area contributed by atoms with Crippen molar-refractivity contribution >= 4 is 0 Å². The monoisotopic (exact) mass is 906 g/mol. The first-order chi connectivity index (χ1) is 31.0. The van der Waals surface area contributed by atoms with Gasteiger partial charge in [0.2, 0.25) is 0 Å². The van der Waals surface area contributed by atoms with Gasteiger partial charge in [-0.3, -0.25) is 0 Å². The molecule has 0 heterocycles. The molecule has 6 aromatic carbocycles. The lowest BCUT2D eigenvalue weighted by molar-refractivity contribution is -0.290. The van der Waals surface area contributed by atoms with Gasteiger partial charge in [-0.25, -0.2) is 0 Å². The number of halogens is 10. The van der Waals surface area contributed by atoms with Crippen molar-refractivity contribution in [3.05, 3.63) is 213 Å². The fourth-order valence-corrected chi connectivity index (χ4v) is 8.93. The van der Waals surface area contributed by atoms with Crippen molar-refractivity contribution in [2.45, 2.75) is 113 Å². The summed E-state index contributed by atoms with van der Waals surface area (Å²) in [4.78, 5) is 0. The Labute approximate surface area is 374 Å². The van der Waals surface area contributed by atoms with Crippen LogP contribution < -0.4 is 0 Å². The third-order valence-corrected chi connectivity index (χ3v) is 12.0. The highest BCUT2D eigenvalue weighted by atomic mass is 19.4. The zero-order valence-electron chi connectivity index (χ0n) is 36.3. The summed E-state index contributed by atoms with van der Waals surface area (Å²) in [6.45, 7) is 3.93. The van der Waals surface area contributed by atoms with Crippen LogP contribution in [0.15, 0.2) is 158 Å². The van der Waals surface area contributed by atoms with Gasteiger partial charge in [0, 0.05) is 22.3 Å². The second-order valence-electron chi connectivity index (χ2n) is 16.4. The molecule has 65 heavy (non-hydrogen) atoms. The Morgan fingerprint density at radius 1 is 0.338 bits per heavy atom. The maximum atomic E-state index is 16.7. The number of aryl methyl sites for hydroxylation is 2. The first-order valence-electron chi connectivity index (χ1n) is 22.1. The second kappa shape index (κ2) is 20.4. The van der Waals surface area contributed by atoms with Crippen LogP contribution >= 0.6 is 0 Å². The van der Waals surface area contributed by atoms with Gasteiger partial charge in [-0.2, -0.15) is 43.9 Å². The van der Waals surface area contributed by atoms with Crippen LogP contribution in [-0.4, -0.2) is 12.4 Å². The third-order valence-electron chi connectivity index (χ3n) is 12.0. The first-order valence-corrected chi connectivity index (χ1v) is 22.1. The smallest absolute Gasteiger partial charge is 0.340 e. The number of rotatable bonds is 20. The number of hydrogen-bond donors (Lipinski definition) is 0. The summed E-state index contributed by atoms with van der Waals surface area (Å²) < 4.78 is 165. The molecule has 344 valence electrons. The molecule has 0 amide bonds. The molecule has 1 nitrogen and oxygen atoms in total. The predicted octanol–water partition coefficient (Wildman–Crippen LogP) is 16.5. The molecule has 0 N–H and O–H groups in total. The van der Waals surface area contributed by atoms with Crippen molar-refractivity contribution in [2.24, 2.45) is 0 Å². The molecule has 0 fully saturated rings. The number of alkyl halides is 10. The SMILES string of the molecule is CCCCCCc1cccc(C(F)(F)C(F)(F)F)c1C(OC(c1ccccc1)(c1ccccc1)c1c(CCCCCC)cccc1C(F)(F)C(F)(F)F)(c1ccccc1)c1ccccc1. The van der Waals surface area contributed by atoms with E-state index >= 15 is 43.9 Å². The third kappa shape index (κ3) is 9.77. The lowest BCUT2D eigenvalue weighted by Crippen LogP contribution is -2.49. The summed E-state index contributed by atoms with van der Waals surface area (Å²) in [6.07, 6.45) is -7.28. The minimum Gasteiger partial charge on any atom is -0.340 e. The maximum Gasteiger partial charge on any atom is 0.458 e. The van der Waals surface area contributed by atoms with E-state index in [-0.39, 0.29) is 46.2 Å². The van der Waals surface area contributed by atoms with E-state index in [9.17, 15) is 0 Å². The van der Waals surface area contributed by atoms with Crippen molar-refractivity contribution in [3.63, 3.8) is 0 Å². The molecule has 0 radical (unpaired) electrons. The average Bonchev–Trinajstić information content (AvgIpc) is 3.30. The summed E-state index contributed by atoms with van der Waals surface area (Å²) in [5.74, 6) is -11.0. The molecule has 0 aliphatic carbocycles. The van der Waals surface area contributed by atoms with Gasteiger partial charge in [0.05, 0.1) is 0 Å². The molecule has 0 saturated heterocycles. The van der Waals surface area contributed by atoms with Crippen LogP contribution in [0.3, 0.4) is 0 Å². The van der Waals surface area contributed by atoms with E-state index in [1.54, 1.807) is 72.8 Å². The average molecular weight is 907 g/mol. The summed E-state index contributed by atoms with van der Waals surface area (Å²) in [5, 5.41) is 0. The lowest BCUT2D eigenvalue weighted by atomic mass is 9.70. The van der Waals surface area contributed by atoms with E-state index in [2.05, 4.69) is 0 Å². The van der Waals surface area contributed by atoms with Gasteiger partial charge in [-0.1, -0.05) is 210 Å². The van der Waals surface area contributed by atoms with E-state index in [1.807, 2.05) is 13.8 Å². The van der Waals surface area contributed by atoms with Crippen LogP contribution in [0.1, 0.15) is 121 Å². The summed E-state index contributed by atoms with van der Waals surface area (Å²) in [5.41, 5.74) is -9.10. The molecular formula is C54H52F10O. The lowest BCUT2D eigenvalue weighted by Gasteiger charge is -2.49. The molecule has 0 aliphatic rings. The fraction of sp³-hybridized carbons (Fsp3) is 0.333. The van der Waals surface area contributed by atoms with E-state index < -0.39 is 57.7 Å². The highest BCUT2D eigenvalue weighted by molar-refractivity contribution is 5.60. The quantitative estimate of drug-likeness (QED) is 0.0421. The van der Waals surface area contributed by atoms with Crippen molar-refractivity contribution in [1.29, 1.82) is 0 Å². The largest absolute Gasteiger partial charge is 0.458 e. The summed E-state index contributed by atoms with van der Waals surface area (Å²) in [7, 11) is 0. The van der Waals surface area contributed by atoms with E-state index in [0.717, 1.165) is 37.8 Å². The van der Waals surface area contributed by atoms with E-state index in [0.29, 0.717) is 37.8 Å². The van der Waals surface area contributed by atoms with Crippen LogP contribution in [0.5, 0.6) is 0 Å². The van der Waals surface area contributed by atoms with Gasteiger partial charge in [0.1, 0.15) is 11.2 Å². The van der Waals surface area contributed by atoms with Crippen molar-refractivity contribution < 1.29 is 48.6 Å². The normalized spacial score (nSPS) is 13.0. The first kappa shape index (κ1) is 49.0. The van der Waals surface area contributed by atoms with Gasteiger partial charge < -0.3 is 4.74 Å². The molecular weight excluding hydrogens is 855 g/mol. The van der Waals surface area contributed by atoms with Crippen molar-refractivity contribution in [3.8, 4) is 0 Å². The molecule has 6 rings (SSSR count). The number of benzene rings is 6. The zero-order valence-corrected chi connectivity index (χ0v) is 36.3. The maximum absolute atomic E-state index is 16.7. The highest BCUT2D eigenvalue weighted by Crippen LogP contribution is 2.59. The van der Waals surface area contributed by atoms with Crippen LogP contribution in [0.2, 0.25) is 0 Å². The minimum absolute atomic E-state index is 0.00300. The minimum atomic E-state index is -6.13. The Balaban J connectivity index is 1.93. The molecule has 0 atom stereocenters. The van der Waals surface area contributed by atoms with Gasteiger partial charge in [0.15, 0.2) is 0 Å². The Morgan fingerprint density at radius 3 is 0.892 bits per heavy atom. The van der Waals surface area contributed by atoms with Crippen LogP contribution in [-0.2, 0) is 40.6 Å². The summed E-state index contributed by atoms with van der Waals surface area (Å²) in [6, 6.07) is 37.2. The molecule has 0 bridgehead atoms. The fourth-order valence-electron chi connectivity index (χ4n) is 8.93. The molecule has 0 aromatic heterocycles. The molecule has 0 saturated carbocycles. The van der Waals surface area contributed by atoms with E-state index in [4.69, 9.17) is 4.74 Å². The Hall–Kier alpha value is -5.42. The standard InChI is InChI=1S/C54H52F10O/c1-3-5-7-13-25-39-27-23-37-45(51(55,56)53(59,60)61)47(39)49(41-29-15-9-16-30-41,42-31-17-10-18-32-42)65-50(43-33-19-11-20-34-43,44-35-21-12-22-36-44)48-40(26-14-8-6-4-2)28-24-38-46(48)52(57,58)54(62,63)64/h9-12,15-24,27-38H,3-8,13-14,25-26H2,1-2H3. The molecule has 11 heteroatoms. The number of unbranched alkanes of at least 4 members (excludes halogenated alkanes) is 6. The number of ether oxygens (including phenoxy) is 1. The van der Waals surface area contributed by atoms with Crippen LogP contribution in [0.4, 0.5) is 43.9 Å². The molecule has 0 unspecified atom stereocenters. The van der Waals surface area contributed by atoms with Crippen LogP contribution in [0.25, 0.3) is 0 Å². The van der Waals surface area contributed by atoms with E-state index in [1.165, 1.54) is 60.7 Å². The molecule has 0 aliphatic heterocycles. The Morgan fingerprint density at radius 2 is 0.631 bits per heavy atom. The molecule has 6 aromatic rings. The number of hydrogen-bond acceptors (Lipinski definition) is 1. The molecule has 0 spiro atoms.